The number of thioether (sulfide) groups is 1. The molecular weight excluding hydrogens is 454 g/mol. The summed E-state index contributed by atoms with van der Waals surface area (Å²) < 4.78 is 11.2. The maximum atomic E-state index is 12.7. The van der Waals surface area contributed by atoms with Crippen LogP contribution in [0.1, 0.15) is 23.1 Å². The van der Waals surface area contributed by atoms with Crippen LogP contribution in [0.4, 0.5) is 0 Å². The van der Waals surface area contributed by atoms with Gasteiger partial charge in [-0.1, -0.05) is 29.8 Å². The Bertz CT molecular complexity index is 1430. The van der Waals surface area contributed by atoms with Gasteiger partial charge in [-0.05, 0) is 49.5 Å². The van der Waals surface area contributed by atoms with Crippen LogP contribution in [0, 0.1) is 13.8 Å². The molecule has 1 unspecified atom stereocenters. The highest BCUT2D eigenvalue weighted by Crippen LogP contribution is 2.34. The second-order valence-corrected chi connectivity index (χ2v) is 9.26. The first-order chi connectivity index (χ1) is 16.3. The number of nitrogens with one attached hydrogen (secondary N) is 1. The molecule has 0 aliphatic rings. The molecule has 0 saturated carbocycles. The predicted molar refractivity (Wildman–Crippen MR) is 133 cm³/mol. The maximum absolute atomic E-state index is 12.7. The summed E-state index contributed by atoms with van der Waals surface area (Å²) in [6.45, 7) is 3.79. The first-order valence-corrected chi connectivity index (χ1v) is 12.2. The molecule has 2 N–H and O–H groups in total. The molecule has 176 valence electrons. The van der Waals surface area contributed by atoms with E-state index >= 15 is 0 Å². The molecule has 0 spiro atoms. The molecule has 7 nitrogen and oxygen atoms in total. The fourth-order valence-electron chi connectivity index (χ4n) is 3.97. The number of fused-ring (bicyclic) bond motifs is 2. The molecule has 2 aromatic heterocycles. The van der Waals surface area contributed by atoms with Gasteiger partial charge in [-0.25, -0.2) is 9.59 Å². The first kappa shape index (κ1) is 23.6. The van der Waals surface area contributed by atoms with Crippen molar-refractivity contribution >= 4 is 45.6 Å². The molecule has 1 atom stereocenters. The van der Waals surface area contributed by atoms with E-state index < -0.39 is 23.5 Å². The summed E-state index contributed by atoms with van der Waals surface area (Å²) in [5.41, 5.74) is 4.24. The van der Waals surface area contributed by atoms with Crippen LogP contribution in [0.5, 0.6) is 0 Å². The largest absolute Gasteiger partial charge is 0.480 e. The molecule has 0 bridgehead atoms. The van der Waals surface area contributed by atoms with Crippen molar-refractivity contribution in [3.63, 3.8) is 0 Å². The van der Waals surface area contributed by atoms with Crippen LogP contribution >= 0.6 is 11.8 Å². The van der Waals surface area contributed by atoms with Crippen molar-refractivity contribution in [1.29, 1.82) is 0 Å². The normalized spacial score (nSPS) is 12.2. The summed E-state index contributed by atoms with van der Waals surface area (Å²) >= 11 is 1.50. The number of amides is 1. The second-order valence-electron chi connectivity index (χ2n) is 8.27. The van der Waals surface area contributed by atoms with E-state index in [1.165, 1.54) is 11.8 Å². The van der Waals surface area contributed by atoms with Crippen molar-refractivity contribution in [3.05, 3.63) is 69.8 Å². The zero-order valence-corrected chi connectivity index (χ0v) is 20.0. The van der Waals surface area contributed by atoms with Gasteiger partial charge in [0.15, 0.2) is 0 Å². The number of furan rings is 1. The van der Waals surface area contributed by atoms with Gasteiger partial charge >= 0.3 is 11.6 Å². The average molecular weight is 480 g/mol. The van der Waals surface area contributed by atoms with Crippen LogP contribution in [0.2, 0.25) is 0 Å². The summed E-state index contributed by atoms with van der Waals surface area (Å²) in [5, 5.41) is 13.4. The van der Waals surface area contributed by atoms with Gasteiger partial charge < -0.3 is 19.3 Å². The third kappa shape index (κ3) is 4.72. The highest BCUT2D eigenvalue weighted by molar-refractivity contribution is 7.98. The van der Waals surface area contributed by atoms with E-state index in [0.717, 1.165) is 22.1 Å². The second kappa shape index (κ2) is 9.77. The van der Waals surface area contributed by atoms with Gasteiger partial charge in [-0.15, -0.1) is 0 Å². The molecule has 4 rings (SSSR count). The van der Waals surface area contributed by atoms with E-state index in [1.54, 1.807) is 19.3 Å². The van der Waals surface area contributed by atoms with Crippen LogP contribution in [0.25, 0.3) is 33.1 Å². The van der Waals surface area contributed by atoms with Crippen LogP contribution in [-0.2, 0) is 16.0 Å². The molecular formula is C26H25NO6S. The van der Waals surface area contributed by atoms with Crippen molar-refractivity contribution < 1.29 is 23.5 Å². The minimum atomic E-state index is -1.10. The molecule has 0 aliphatic carbocycles. The van der Waals surface area contributed by atoms with Gasteiger partial charge in [0.25, 0.3) is 0 Å². The van der Waals surface area contributed by atoms with Gasteiger partial charge in [0.1, 0.15) is 17.2 Å². The monoisotopic (exact) mass is 479 g/mol. The van der Waals surface area contributed by atoms with E-state index in [0.29, 0.717) is 34.3 Å². The summed E-state index contributed by atoms with van der Waals surface area (Å²) in [7, 11) is 0. The number of benzene rings is 2. The molecule has 0 saturated heterocycles. The molecule has 4 aromatic rings. The Balaban J connectivity index is 1.71. The first-order valence-electron chi connectivity index (χ1n) is 10.8. The number of rotatable bonds is 8. The van der Waals surface area contributed by atoms with Gasteiger partial charge in [0.05, 0.1) is 18.2 Å². The van der Waals surface area contributed by atoms with Crippen LogP contribution < -0.4 is 10.9 Å². The molecule has 0 fully saturated rings. The Labute approximate surface area is 200 Å². The number of carbonyl (C=O) groups is 2. The Morgan fingerprint density at radius 3 is 2.50 bits per heavy atom. The van der Waals surface area contributed by atoms with Gasteiger partial charge in [-0.2, -0.15) is 11.8 Å². The lowest BCUT2D eigenvalue weighted by Crippen LogP contribution is -2.42. The number of hydrogen-bond acceptors (Lipinski definition) is 6. The predicted octanol–water partition coefficient (Wildman–Crippen LogP) is 4.69. The third-order valence-electron chi connectivity index (χ3n) is 5.93. The highest BCUT2D eigenvalue weighted by atomic mass is 32.2. The lowest BCUT2D eigenvalue weighted by Gasteiger charge is -2.14. The van der Waals surface area contributed by atoms with E-state index in [2.05, 4.69) is 5.32 Å². The Morgan fingerprint density at radius 1 is 1.09 bits per heavy atom. The zero-order valence-electron chi connectivity index (χ0n) is 19.1. The smallest absolute Gasteiger partial charge is 0.340 e. The number of carboxylic acid groups (broad SMARTS) is 1. The quantitative estimate of drug-likeness (QED) is 0.353. The maximum Gasteiger partial charge on any atom is 0.340 e. The van der Waals surface area contributed by atoms with E-state index in [-0.39, 0.29) is 12.0 Å². The molecule has 8 heteroatoms. The van der Waals surface area contributed by atoms with Crippen molar-refractivity contribution in [2.24, 2.45) is 0 Å². The van der Waals surface area contributed by atoms with Crippen LogP contribution in [0.3, 0.4) is 0 Å². The molecule has 2 aromatic carbocycles. The summed E-state index contributed by atoms with van der Waals surface area (Å²) in [6, 6.07) is 10.7. The van der Waals surface area contributed by atoms with Crippen molar-refractivity contribution in [2.75, 3.05) is 12.0 Å². The third-order valence-corrected chi connectivity index (χ3v) is 6.57. The fraction of sp³-hybridized carbons (Fsp3) is 0.269. The standard InChI is InChI=1S/C26H25NO6S/c1-14-4-6-16(7-5-14)20-13-32-22-12-23-17(10-19(20)22)15(2)18(26(31)33-23)11-24(28)27-21(25(29)30)8-9-34-3/h4-7,10,12-13,21H,8-9,11H2,1-3H3,(H,27,28)(H,29,30). The minimum Gasteiger partial charge on any atom is -0.480 e. The Morgan fingerprint density at radius 2 is 1.82 bits per heavy atom. The van der Waals surface area contributed by atoms with Crippen molar-refractivity contribution in [1.82, 2.24) is 5.32 Å². The summed E-state index contributed by atoms with van der Waals surface area (Å²) in [4.78, 5) is 36.7. The van der Waals surface area contributed by atoms with E-state index in [1.807, 2.05) is 43.5 Å². The Hall–Kier alpha value is -3.52. The van der Waals surface area contributed by atoms with Crippen molar-refractivity contribution in [3.8, 4) is 11.1 Å². The number of carbonyl (C=O) groups excluding carboxylic acids is 1. The molecule has 1 amide bonds. The van der Waals surface area contributed by atoms with Crippen LogP contribution in [-0.4, -0.2) is 35.0 Å². The minimum absolute atomic E-state index is 0.207. The zero-order chi connectivity index (χ0) is 24.4. The van der Waals surface area contributed by atoms with Gasteiger partial charge in [-0.3, -0.25) is 4.79 Å². The lowest BCUT2D eigenvalue weighted by atomic mass is 9.99. The van der Waals surface area contributed by atoms with Crippen molar-refractivity contribution in [2.45, 2.75) is 32.7 Å². The number of aryl methyl sites for hydroxylation is 2. The number of aliphatic carboxylic acids is 1. The van der Waals surface area contributed by atoms with Gasteiger partial charge in [0, 0.05) is 22.4 Å². The summed E-state index contributed by atoms with van der Waals surface area (Å²) in [5.74, 6) is -1.04. The summed E-state index contributed by atoms with van der Waals surface area (Å²) in [6.07, 6.45) is 3.58. The SMILES string of the molecule is CSCCC(NC(=O)Cc1c(C)c2cc3c(-c4ccc(C)cc4)coc3cc2oc1=O)C(=O)O. The Kier molecular flexibility index (Phi) is 6.79. The topological polar surface area (TPSA) is 110 Å². The lowest BCUT2D eigenvalue weighted by molar-refractivity contribution is -0.141. The average Bonchev–Trinajstić information content (AvgIpc) is 3.21. The number of hydrogen-bond donors (Lipinski definition) is 2. The van der Waals surface area contributed by atoms with Crippen LogP contribution in [0.15, 0.2) is 56.3 Å². The van der Waals surface area contributed by atoms with E-state index in [4.69, 9.17) is 8.83 Å². The van der Waals surface area contributed by atoms with E-state index in [9.17, 15) is 19.5 Å². The molecule has 2 heterocycles. The van der Waals surface area contributed by atoms with Gasteiger partial charge in [0.2, 0.25) is 5.91 Å². The molecule has 0 radical (unpaired) electrons. The fourth-order valence-corrected chi connectivity index (χ4v) is 4.44. The number of carboxylic acids is 1. The molecule has 0 aliphatic heterocycles. The molecule has 34 heavy (non-hydrogen) atoms. The highest BCUT2D eigenvalue weighted by Gasteiger charge is 2.22.